The molecule has 1 aromatic rings. The summed E-state index contributed by atoms with van der Waals surface area (Å²) < 4.78 is 16.2. The Bertz CT molecular complexity index is 1630. The van der Waals surface area contributed by atoms with E-state index in [1.54, 1.807) is 6.92 Å². The molecule has 1 aliphatic carbocycles. The van der Waals surface area contributed by atoms with Gasteiger partial charge in [-0.25, -0.2) is 4.79 Å². The molecule has 3 unspecified atom stereocenters. The lowest BCUT2D eigenvalue weighted by Gasteiger charge is -2.52. The van der Waals surface area contributed by atoms with E-state index in [9.17, 15) is 34.2 Å². The summed E-state index contributed by atoms with van der Waals surface area (Å²) in [6, 6.07) is -2.61. The molecule has 3 atom stereocenters. The zero-order valence-electron chi connectivity index (χ0n) is 23.4. The van der Waals surface area contributed by atoms with Crippen molar-refractivity contribution >= 4 is 29.2 Å². The summed E-state index contributed by atoms with van der Waals surface area (Å²) in [5.41, 5.74) is -0.412. The largest absolute Gasteiger partial charge is 0.507 e. The van der Waals surface area contributed by atoms with Crippen molar-refractivity contribution in [2.45, 2.75) is 46.0 Å². The topological polar surface area (TPSA) is 160 Å². The van der Waals surface area contributed by atoms with E-state index in [2.05, 4.69) is 0 Å². The first-order valence-corrected chi connectivity index (χ1v) is 12.7. The number of hydrogen-bond donors (Lipinski definition) is 2. The second-order valence-electron chi connectivity index (χ2n) is 10.1. The molecule has 0 radical (unpaired) electrons. The Kier molecular flexibility index (Phi) is 6.41. The fourth-order valence-electron chi connectivity index (χ4n) is 5.89. The number of amides is 1. The van der Waals surface area contributed by atoms with Gasteiger partial charge < -0.3 is 24.4 Å². The molecule has 2 N–H and O–H groups in total. The maximum atomic E-state index is 14.1. The quantitative estimate of drug-likeness (QED) is 0.181. The summed E-state index contributed by atoms with van der Waals surface area (Å²) in [6.45, 7) is 5.95. The summed E-state index contributed by atoms with van der Waals surface area (Å²) in [5, 5.41) is 22.3. The molecule has 0 aromatic heterocycles. The number of Topliss-reactive ketones (excluding diaryl/α,β-unsaturated/α-hetero) is 3. The normalized spacial score (nSPS) is 24.2. The van der Waals surface area contributed by atoms with E-state index in [0.29, 0.717) is 0 Å². The molecule has 3 aliphatic heterocycles. The van der Waals surface area contributed by atoms with Gasteiger partial charge in [0, 0.05) is 33.5 Å². The average Bonchev–Trinajstić information content (AvgIpc) is 2.93. The van der Waals surface area contributed by atoms with Crippen molar-refractivity contribution in [1.82, 2.24) is 9.80 Å². The molecule has 0 spiro atoms. The van der Waals surface area contributed by atoms with Gasteiger partial charge in [0.05, 0.1) is 31.4 Å². The highest BCUT2D eigenvalue weighted by Gasteiger charge is 2.58. The van der Waals surface area contributed by atoms with Gasteiger partial charge in [0.1, 0.15) is 5.75 Å². The molecule has 1 saturated heterocycles. The number of benzene rings is 1. The molecule has 5 rings (SSSR count). The second kappa shape index (κ2) is 9.44. The lowest BCUT2D eigenvalue weighted by atomic mass is 9.76. The number of phenolic OH excluding ortho intramolecular Hbond substituents is 2. The van der Waals surface area contributed by atoms with Crippen molar-refractivity contribution in [3.05, 3.63) is 62.6 Å². The van der Waals surface area contributed by atoms with Crippen LogP contribution in [-0.2, 0) is 28.7 Å². The minimum atomic E-state index is -1.73. The number of fused-ring (bicyclic) bond motifs is 6. The molecule has 1 fully saturated rings. The van der Waals surface area contributed by atoms with Crippen LogP contribution in [0.5, 0.6) is 17.2 Å². The summed E-state index contributed by atoms with van der Waals surface area (Å²) in [5.74, 6) is -5.13. The first-order valence-electron chi connectivity index (χ1n) is 12.7. The Morgan fingerprint density at radius 2 is 1.66 bits per heavy atom. The SMILES string of the molecule is C/C=C(/C)C(=O)OC1C2=C(C=C3C4c5c(O)c(OC)c(C)c(O)c5C(=O)C(C(=O)N31)N4C)C(=O)C(C)=C(OC)C2=O. The Balaban J connectivity index is 1.84. The van der Waals surface area contributed by atoms with Gasteiger partial charge in [0.25, 0.3) is 5.91 Å². The van der Waals surface area contributed by atoms with Crippen LogP contribution in [0.4, 0.5) is 0 Å². The predicted octanol–water partition coefficient (Wildman–Crippen LogP) is 1.90. The van der Waals surface area contributed by atoms with Crippen molar-refractivity contribution in [2.75, 3.05) is 21.3 Å². The minimum Gasteiger partial charge on any atom is -0.507 e. The van der Waals surface area contributed by atoms with Gasteiger partial charge in [-0.05, 0) is 40.8 Å². The van der Waals surface area contributed by atoms with E-state index >= 15 is 0 Å². The van der Waals surface area contributed by atoms with E-state index < -0.39 is 59.0 Å². The summed E-state index contributed by atoms with van der Waals surface area (Å²) in [4.78, 5) is 70.4. The van der Waals surface area contributed by atoms with Crippen molar-refractivity contribution < 1.29 is 48.4 Å². The highest BCUT2D eigenvalue weighted by Crippen LogP contribution is 2.55. The molecule has 0 saturated carbocycles. The Morgan fingerprint density at radius 1 is 1.00 bits per heavy atom. The Hall–Kier alpha value is -4.71. The number of ketones is 3. The van der Waals surface area contributed by atoms with Gasteiger partial charge in [-0.2, -0.15) is 0 Å². The lowest BCUT2D eigenvalue weighted by Crippen LogP contribution is -2.65. The molecular formula is C29H28N2O10. The number of nitrogens with zero attached hydrogens (tertiary/aromatic N) is 2. The molecule has 12 heteroatoms. The van der Waals surface area contributed by atoms with Gasteiger partial charge in [0.15, 0.2) is 34.9 Å². The van der Waals surface area contributed by atoms with Crippen molar-refractivity contribution in [3.63, 3.8) is 0 Å². The lowest BCUT2D eigenvalue weighted by molar-refractivity contribution is -0.161. The number of allylic oxidation sites excluding steroid dienone is 5. The third-order valence-corrected chi connectivity index (χ3v) is 8.11. The van der Waals surface area contributed by atoms with Crippen LogP contribution in [0.3, 0.4) is 0 Å². The van der Waals surface area contributed by atoms with Crippen molar-refractivity contribution in [3.8, 4) is 17.2 Å². The van der Waals surface area contributed by atoms with Crippen molar-refractivity contribution in [1.29, 1.82) is 0 Å². The third-order valence-electron chi connectivity index (χ3n) is 8.11. The van der Waals surface area contributed by atoms with E-state index in [1.807, 2.05) is 0 Å². The first kappa shape index (κ1) is 27.8. The fraction of sp³-hybridized carbons (Fsp3) is 0.345. The zero-order valence-corrected chi connectivity index (χ0v) is 23.4. The molecule has 3 heterocycles. The minimum absolute atomic E-state index is 0.0154. The number of phenols is 2. The number of likely N-dealkylation sites (N-methyl/N-ethyl adjacent to an activating group) is 1. The second-order valence-corrected chi connectivity index (χ2v) is 10.1. The molecule has 214 valence electrons. The summed E-state index contributed by atoms with van der Waals surface area (Å²) >= 11 is 0. The highest BCUT2D eigenvalue weighted by molar-refractivity contribution is 6.27. The Labute approximate surface area is 234 Å². The number of hydrogen-bond acceptors (Lipinski definition) is 11. The van der Waals surface area contributed by atoms with Gasteiger partial charge in [-0.15, -0.1) is 0 Å². The van der Waals surface area contributed by atoms with Gasteiger partial charge in [-0.1, -0.05) is 6.08 Å². The number of aromatic hydroxyl groups is 2. The summed E-state index contributed by atoms with van der Waals surface area (Å²) in [7, 11) is 3.98. The van der Waals surface area contributed by atoms with E-state index in [0.717, 1.165) is 4.90 Å². The van der Waals surface area contributed by atoms with Crippen LogP contribution in [-0.4, -0.2) is 82.8 Å². The number of carbonyl (C=O) groups is 5. The molecule has 1 amide bonds. The molecule has 12 nitrogen and oxygen atoms in total. The number of esters is 1. The maximum Gasteiger partial charge on any atom is 0.335 e. The number of piperazine rings is 1. The number of methoxy groups -OCH3 is 2. The van der Waals surface area contributed by atoms with Gasteiger partial charge >= 0.3 is 5.97 Å². The molecule has 4 aliphatic rings. The number of rotatable bonds is 4. The molecule has 2 bridgehead atoms. The van der Waals surface area contributed by atoms with Crippen LogP contribution < -0.4 is 4.74 Å². The number of carbonyl (C=O) groups excluding carboxylic acids is 5. The average molecular weight is 565 g/mol. The van der Waals surface area contributed by atoms with Crippen LogP contribution >= 0.6 is 0 Å². The third kappa shape index (κ3) is 3.53. The van der Waals surface area contributed by atoms with E-state index in [-0.39, 0.29) is 56.2 Å². The fourth-order valence-corrected chi connectivity index (χ4v) is 5.89. The van der Waals surface area contributed by atoms with Crippen LogP contribution in [0.1, 0.15) is 48.3 Å². The molecule has 41 heavy (non-hydrogen) atoms. The van der Waals surface area contributed by atoms with Crippen molar-refractivity contribution in [2.24, 2.45) is 0 Å². The smallest absolute Gasteiger partial charge is 0.335 e. The standard InChI is InChI=1S/C29H28N2O10/c1-8-10(2)29(38)41-28-15-13(20(32)11(3)25(39-6)23(15)35)9-14-18-16-17(21(33)12(4)26(40-7)24(16)36)22(34)19(30(18)5)27(37)31(14)28/h8-9,18-19,28,33,36H,1-7H3/b10-8-. The molecule has 1 aromatic carbocycles. The van der Waals surface area contributed by atoms with Crippen LogP contribution in [0, 0.1) is 6.92 Å². The first-order chi connectivity index (χ1) is 19.3. The van der Waals surface area contributed by atoms with E-state index in [4.69, 9.17) is 14.2 Å². The van der Waals surface area contributed by atoms with Crippen LogP contribution in [0.25, 0.3) is 0 Å². The van der Waals surface area contributed by atoms with Gasteiger partial charge in [0.2, 0.25) is 12.0 Å². The predicted molar refractivity (Wildman–Crippen MR) is 141 cm³/mol. The highest BCUT2D eigenvalue weighted by atomic mass is 16.6. The zero-order chi connectivity index (χ0) is 30.2. The van der Waals surface area contributed by atoms with Gasteiger partial charge in [-0.3, -0.25) is 29.0 Å². The monoisotopic (exact) mass is 564 g/mol. The van der Waals surface area contributed by atoms with Crippen LogP contribution in [0.15, 0.2) is 45.9 Å². The van der Waals surface area contributed by atoms with Crippen LogP contribution in [0.2, 0.25) is 0 Å². The van der Waals surface area contributed by atoms with E-state index in [1.165, 1.54) is 59.1 Å². The Morgan fingerprint density at radius 3 is 2.24 bits per heavy atom. The molecular weight excluding hydrogens is 536 g/mol. The summed E-state index contributed by atoms with van der Waals surface area (Å²) in [6.07, 6.45) is 1.06. The maximum absolute atomic E-state index is 14.1. The number of ether oxygens (including phenoxy) is 3.